The monoisotopic (exact) mass is 245 g/mol. The van der Waals surface area contributed by atoms with Crippen LogP contribution in [-0.4, -0.2) is 51.8 Å². The van der Waals surface area contributed by atoms with Crippen molar-refractivity contribution in [2.24, 2.45) is 10.6 Å². The molecule has 0 spiro atoms. The first kappa shape index (κ1) is 12.8. The summed E-state index contributed by atoms with van der Waals surface area (Å²) in [6.07, 6.45) is -0.0155. The Hall–Kier alpha value is -0.690. The standard InChI is InChI=1S/C11H19NO5/c1-9(11(2)5-14-7-15-6-11)12-17-4-10-3-13-8-16-10/h10H,3-8H2,1-2H3/b12-9+. The molecule has 2 rings (SSSR count). The van der Waals surface area contributed by atoms with Crippen molar-refractivity contribution in [2.45, 2.75) is 20.0 Å². The van der Waals surface area contributed by atoms with Crippen LogP contribution in [0.25, 0.3) is 0 Å². The fourth-order valence-electron chi connectivity index (χ4n) is 1.64. The molecule has 6 nitrogen and oxygen atoms in total. The van der Waals surface area contributed by atoms with Crippen molar-refractivity contribution in [1.29, 1.82) is 0 Å². The summed E-state index contributed by atoms with van der Waals surface area (Å²) in [4.78, 5) is 5.27. The molecule has 0 bridgehead atoms. The Kier molecular flexibility index (Phi) is 4.33. The Morgan fingerprint density at radius 1 is 1.29 bits per heavy atom. The van der Waals surface area contributed by atoms with Crippen LogP contribution in [0.2, 0.25) is 0 Å². The average Bonchev–Trinajstić information content (AvgIpc) is 2.83. The second-order valence-corrected chi connectivity index (χ2v) is 4.63. The number of hydrogen-bond donors (Lipinski definition) is 0. The highest BCUT2D eigenvalue weighted by atomic mass is 16.7. The van der Waals surface area contributed by atoms with Gasteiger partial charge in [-0.25, -0.2) is 0 Å². The smallest absolute Gasteiger partial charge is 0.147 e. The van der Waals surface area contributed by atoms with Gasteiger partial charge in [-0.3, -0.25) is 0 Å². The minimum Gasteiger partial charge on any atom is -0.393 e. The first-order valence-electron chi connectivity index (χ1n) is 5.72. The minimum absolute atomic E-state index is 0.0155. The number of oxime groups is 1. The molecule has 0 N–H and O–H groups in total. The van der Waals surface area contributed by atoms with Crippen molar-refractivity contribution in [3.63, 3.8) is 0 Å². The normalized spacial score (nSPS) is 29.3. The van der Waals surface area contributed by atoms with Crippen LogP contribution in [0, 0.1) is 5.41 Å². The molecule has 6 heteroatoms. The van der Waals surface area contributed by atoms with Gasteiger partial charge in [-0.1, -0.05) is 5.16 Å². The van der Waals surface area contributed by atoms with Crippen molar-refractivity contribution >= 4 is 5.71 Å². The van der Waals surface area contributed by atoms with Gasteiger partial charge in [0.15, 0.2) is 0 Å². The molecular formula is C11H19NO5. The lowest BCUT2D eigenvalue weighted by Gasteiger charge is -2.32. The third-order valence-electron chi connectivity index (χ3n) is 3.03. The Morgan fingerprint density at radius 2 is 2.06 bits per heavy atom. The first-order chi connectivity index (χ1) is 8.21. The van der Waals surface area contributed by atoms with E-state index in [0.717, 1.165) is 5.71 Å². The van der Waals surface area contributed by atoms with E-state index in [1.54, 1.807) is 0 Å². The van der Waals surface area contributed by atoms with E-state index in [0.29, 0.717) is 40.0 Å². The van der Waals surface area contributed by atoms with E-state index in [4.69, 9.17) is 23.8 Å². The summed E-state index contributed by atoms with van der Waals surface area (Å²) in [6, 6.07) is 0. The van der Waals surface area contributed by atoms with Crippen LogP contribution in [0.5, 0.6) is 0 Å². The summed E-state index contributed by atoms with van der Waals surface area (Å²) in [5, 5.41) is 4.10. The maximum atomic E-state index is 5.28. The van der Waals surface area contributed by atoms with Gasteiger partial charge in [0.25, 0.3) is 0 Å². The molecule has 2 heterocycles. The molecule has 17 heavy (non-hydrogen) atoms. The molecular weight excluding hydrogens is 226 g/mol. The van der Waals surface area contributed by atoms with Crippen LogP contribution in [0.1, 0.15) is 13.8 Å². The molecule has 0 aromatic rings. The molecule has 1 atom stereocenters. The molecule has 2 aliphatic rings. The average molecular weight is 245 g/mol. The Morgan fingerprint density at radius 3 is 2.71 bits per heavy atom. The van der Waals surface area contributed by atoms with Crippen molar-refractivity contribution < 1.29 is 23.8 Å². The molecule has 2 fully saturated rings. The van der Waals surface area contributed by atoms with Crippen LogP contribution in [0.15, 0.2) is 5.16 Å². The van der Waals surface area contributed by atoms with E-state index in [1.807, 2.05) is 13.8 Å². The SMILES string of the molecule is C/C(=N\OCC1COCO1)C1(C)COCOC1. The molecule has 1 unspecified atom stereocenters. The van der Waals surface area contributed by atoms with Gasteiger partial charge in [0, 0.05) is 0 Å². The Bertz CT molecular complexity index is 269. The van der Waals surface area contributed by atoms with Crippen LogP contribution in [-0.2, 0) is 23.8 Å². The zero-order valence-electron chi connectivity index (χ0n) is 10.3. The van der Waals surface area contributed by atoms with Crippen LogP contribution in [0.3, 0.4) is 0 Å². The van der Waals surface area contributed by atoms with Crippen LogP contribution in [0.4, 0.5) is 0 Å². The largest absolute Gasteiger partial charge is 0.393 e. The summed E-state index contributed by atoms with van der Waals surface area (Å²) in [5.74, 6) is 0. The summed E-state index contributed by atoms with van der Waals surface area (Å²) in [5.41, 5.74) is 0.668. The Labute approximate surface area is 101 Å². The highest BCUT2D eigenvalue weighted by Crippen LogP contribution is 2.23. The topological polar surface area (TPSA) is 58.5 Å². The predicted molar refractivity (Wildman–Crippen MR) is 59.6 cm³/mol. The fourth-order valence-corrected chi connectivity index (χ4v) is 1.64. The first-order valence-corrected chi connectivity index (χ1v) is 5.72. The summed E-state index contributed by atoms with van der Waals surface area (Å²) in [6.45, 7) is 6.86. The van der Waals surface area contributed by atoms with Gasteiger partial charge in [-0.2, -0.15) is 0 Å². The summed E-state index contributed by atoms with van der Waals surface area (Å²) in [7, 11) is 0. The number of rotatable bonds is 4. The third kappa shape index (κ3) is 3.38. The Balaban J connectivity index is 1.78. The lowest BCUT2D eigenvalue weighted by molar-refractivity contribution is -0.139. The number of hydrogen-bond acceptors (Lipinski definition) is 6. The molecule has 0 aromatic carbocycles. The van der Waals surface area contributed by atoms with E-state index in [2.05, 4.69) is 5.16 Å². The molecule has 0 aliphatic carbocycles. The number of nitrogens with zero attached hydrogens (tertiary/aromatic N) is 1. The molecule has 0 saturated carbocycles. The van der Waals surface area contributed by atoms with Gasteiger partial charge < -0.3 is 23.8 Å². The summed E-state index contributed by atoms with van der Waals surface area (Å²) >= 11 is 0. The van der Waals surface area contributed by atoms with Gasteiger partial charge in [0.1, 0.15) is 26.3 Å². The molecule has 2 saturated heterocycles. The van der Waals surface area contributed by atoms with Crippen molar-refractivity contribution in [3.05, 3.63) is 0 Å². The lowest BCUT2D eigenvalue weighted by atomic mass is 9.87. The third-order valence-corrected chi connectivity index (χ3v) is 3.03. The van der Waals surface area contributed by atoms with Crippen LogP contribution >= 0.6 is 0 Å². The minimum atomic E-state index is -0.203. The van der Waals surface area contributed by atoms with Gasteiger partial charge in [-0.15, -0.1) is 0 Å². The molecule has 0 radical (unpaired) electrons. The van der Waals surface area contributed by atoms with Gasteiger partial charge in [-0.05, 0) is 13.8 Å². The maximum absolute atomic E-state index is 5.28. The second-order valence-electron chi connectivity index (χ2n) is 4.63. The molecule has 0 amide bonds. The van der Waals surface area contributed by atoms with E-state index in [-0.39, 0.29) is 11.5 Å². The second kappa shape index (κ2) is 5.77. The molecule has 2 aliphatic heterocycles. The van der Waals surface area contributed by atoms with Crippen molar-refractivity contribution in [3.8, 4) is 0 Å². The van der Waals surface area contributed by atoms with Crippen LogP contribution < -0.4 is 0 Å². The summed E-state index contributed by atoms with van der Waals surface area (Å²) < 4.78 is 20.9. The van der Waals surface area contributed by atoms with Gasteiger partial charge in [0.05, 0.1) is 30.9 Å². The molecule has 0 aromatic heterocycles. The predicted octanol–water partition coefficient (Wildman–Crippen LogP) is 0.762. The zero-order valence-corrected chi connectivity index (χ0v) is 10.3. The van der Waals surface area contributed by atoms with Crippen molar-refractivity contribution in [2.75, 3.05) is 40.0 Å². The van der Waals surface area contributed by atoms with Gasteiger partial charge >= 0.3 is 0 Å². The van der Waals surface area contributed by atoms with Gasteiger partial charge in [0.2, 0.25) is 0 Å². The number of ether oxygens (including phenoxy) is 4. The fraction of sp³-hybridized carbons (Fsp3) is 0.909. The highest BCUT2D eigenvalue weighted by Gasteiger charge is 2.32. The highest BCUT2D eigenvalue weighted by molar-refractivity contribution is 5.87. The van der Waals surface area contributed by atoms with E-state index >= 15 is 0 Å². The van der Waals surface area contributed by atoms with E-state index < -0.39 is 0 Å². The quantitative estimate of drug-likeness (QED) is 0.540. The van der Waals surface area contributed by atoms with E-state index in [9.17, 15) is 0 Å². The van der Waals surface area contributed by atoms with E-state index in [1.165, 1.54) is 0 Å². The lowest BCUT2D eigenvalue weighted by Crippen LogP contribution is -2.40. The van der Waals surface area contributed by atoms with Crippen molar-refractivity contribution in [1.82, 2.24) is 0 Å². The molecule has 98 valence electrons. The zero-order chi connectivity index (χ0) is 12.1. The maximum Gasteiger partial charge on any atom is 0.147 e.